The fraction of sp³-hybridized carbons (Fsp3) is 0.600. The number of allylic oxidation sites excluding steroid dienone is 2. The molecular weight excluding hydrogens is 168 g/mol. The summed E-state index contributed by atoms with van der Waals surface area (Å²) in [6.45, 7) is 5.34. The lowest BCUT2D eigenvalue weighted by Gasteiger charge is -2.13. The van der Waals surface area contributed by atoms with Crippen LogP contribution >= 0.6 is 0 Å². The Kier molecular flexibility index (Phi) is 5.04. The molecule has 0 saturated carbocycles. The van der Waals surface area contributed by atoms with Crippen molar-refractivity contribution in [3.63, 3.8) is 0 Å². The maximum Gasteiger partial charge on any atom is 0.303 e. The molecule has 1 unspecified atom stereocenters. The first-order valence-corrected chi connectivity index (χ1v) is 4.34. The Bertz CT molecular complexity index is 216. The lowest BCUT2D eigenvalue weighted by molar-refractivity contribution is -0.138. The molecule has 1 N–H and O–H groups in total. The molecule has 0 spiro atoms. The second-order valence-electron chi connectivity index (χ2n) is 3.48. The largest absolute Gasteiger partial charge is 0.481 e. The van der Waals surface area contributed by atoms with Crippen LogP contribution in [0.5, 0.6) is 0 Å². The summed E-state index contributed by atoms with van der Waals surface area (Å²) in [7, 11) is 0. The molecule has 0 aliphatic carbocycles. The van der Waals surface area contributed by atoms with E-state index in [2.05, 4.69) is 0 Å². The van der Waals surface area contributed by atoms with Crippen LogP contribution in [-0.4, -0.2) is 16.9 Å². The van der Waals surface area contributed by atoms with Crippen molar-refractivity contribution in [2.75, 3.05) is 0 Å². The lowest BCUT2D eigenvalue weighted by atomic mass is 9.92. The quantitative estimate of drug-likeness (QED) is 0.664. The van der Waals surface area contributed by atoms with Gasteiger partial charge in [-0.2, -0.15) is 0 Å². The van der Waals surface area contributed by atoms with E-state index in [1.54, 1.807) is 6.08 Å². The van der Waals surface area contributed by atoms with Crippen LogP contribution in [0.4, 0.5) is 0 Å². The van der Waals surface area contributed by atoms with Crippen LogP contribution in [0, 0.1) is 11.8 Å². The van der Waals surface area contributed by atoms with Gasteiger partial charge in [0.2, 0.25) is 0 Å². The van der Waals surface area contributed by atoms with Gasteiger partial charge in [0.15, 0.2) is 5.78 Å². The first kappa shape index (κ1) is 11.9. The molecule has 0 aromatic carbocycles. The van der Waals surface area contributed by atoms with Crippen LogP contribution in [0.1, 0.15) is 27.2 Å². The monoisotopic (exact) mass is 184 g/mol. The molecule has 0 rings (SSSR count). The van der Waals surface area contributed by atoms with E-state index in [-0.39, 0.29) is 24.0 Å². The smallest absolute Gasteiger partial charge is 0.303 e. The number of carboxylic acids is 1. The van der Waals surface area contributed by atoms with Crippen molar-refractivity contribution in [3.05, 3.63) is 12.2 Å². The third kappa shape index (κ3) is 6.08. The zero-order chi connectivity index (χ0) is 10.4. The summed E-state index contributed by atoms with van der Waals surface area (Å²) in [4.78, 5) is 21.1. The van der Waals surface area contributed by atoms with Gasteiger partial charge in [-0.15, -0.1) is 0 Å². The van der Waals surface area contributed by atoms with Gasteiger partial charge in [0.1, 0.15) is 0 Å². The number of hydrogen-bond donors (Lipinski definition) is 1. The van der Waals surface area contributed by atoms with Crippen molar-refractivity contribution < 1.29 is 14.7 Å². The number of carboxylic acid groups (broad SMARTS) is 1. The molecule has 3 heteroatoms. The Hall–Kier alpha value is -1.12. The number of carbonyl (C=O) groups excluding carboxylic acids is 1. The Morgan fingerprint density at radius 3 is 2.23 bits per heavy atom. The highest BCUT2D eigenvalue weighted by molar-refractivity contribution is 5.87. The first-order valence-electron chi connectivity index (χ1n) is 4.34. The summed E-state index contributed by atoms with van der Waals surface area (Å²) in [5.74, 6) is -0.684. The Labute approximate surface area is 78.5 Å². The minimum absolute atomic E-state index is 0.0453. The van der Waals surface area contributed by atoms with Crippen molar-refractivity contribution >= 4 is 11.8 Å². The van der Waals surface area contributed by atoms with E-state index >= 15 is 0 Å². The Morgan fingerprint density at radius 1 is 1.38 bits per heavy atom. The summed E-state index contributed by atoms with van der Waals surface area (Å²) >= 11 is 0. The van der Waals surface area contributed by atoms with Gasteiger partial charge in [0, 0.05) is 0 Å². The van der Waals surface area contributed by atoms with E-state index in [4.69, 9.17) is 5.11 Å². The highest BCUT2D eigenvalue weighted by atomic mass is 16.4. The molecule has 1 atom stereocenters. The number of aliphatic carboxylic acids is 1. The van der Waals surface area contributed by atoms with E-state index in [1.165, 1.54) is 13.0 Å². The normalized spacial score (nSPS) is 13.5. The van der Waals surface area contributed by atoms with Crippen LogP contribution in [0.2, 0.25) is 0 Å². The summed E-state index contributed by atoms with van der Waals surface area (Å²) in [6.07, 6.45) is 3.20. The van der Waals surface area contributed by atoms with E-state index < -0.39 is 5.97 Å². The maximum atomic E-state index is 10.6. The van der Waals surface area contributed by atoms with Gasteiger partial charge in [-0.3, -0.25) is 9.59 Å². The van der Waals surface area contributed by atoms with Crippen molar-refractivity contribution in [1.82, 2.24) is 0 Å². The summed E-state index contributed by atoms with van der Waals surface area (Å²) in [5.41, 5.74) is 0. The summed E-state index contributed by atoms with van der Waals surface area (Å²) in [6, 6.07) is 0. The molecule has 0 aliphatic heterocycles. The van der Waals surface area contributed by atoms with Gasteiger partial charge >= 0.3 is 5.97 Å². The van der Waals surface area contributed by atoms with Crippen molar-refractivity contribution in [2.45, 2.75) is 27.2 Å². The molecule has 13 heavy (non-hydrogen) atoms. The number of ketones is 1. The fourth-order valence-corrected chi connectivity index (χ4v) is 0.987. The van der Waals surface area contributed by atoms with E-state index in [1.807, 2.05) is 13.8 Å². The highest BCUT2D eigenvalue weighted by Crippen LogP contribution is 2.16. The Morgan fingerprint density at radius 2 is 1.92 bits per heavy atom. The minimum atomic E-state index is -0.827. The molecule has 0 radical (unpaired) electrons. The standard InChI is InChI=1S/C10H16O3/c1-7(2)9(6-10(12)13)5-4-8(3)11/h4-5,7,9H,6H2,1-3H3,(H,12,13)/b5-4+. The van der Waals surface area contributed by atoms with E-state index in [0.29, 0.717) is 0 Å². The maximum absolute atomic E-state index is 10.6. The molecule has 0 aliphatic rings. The van der Waals surface area contributed by atoms with Crippen LogP contribution < -0.4 is 0 Å². The second-order valence-corrected chi connectivity index (χ2v) is 3.48. The molecule has 3 nitrogen and oxygen atoms in total. The molecule has 0 fully saturated rings. The number of rotatable bonds is 5. The Balaban J connectivity index is 4.26. The van der Waals surface area contributed by atoms with Crippen LogP contribution in [0.3, 0.4) is 0 Å². The first-order chi connectivity index (χ1) is 5.93. The van der Waals surface area contributed by atoms with Gasteiger partial charge in [-0.05, 0) is 24.8 Å². The van der Waals surface area contributed by atoms with Gasteiger partial charge in [-0.1, -0.05) is 19.9 Å². The molecule has 0 amide bonds. The van der Waals surface area contributed by atoms with Crippen LogP contribution in [-0.2, 0) is 9.59 Å². The molecule has 74 valence electrons. The molecular formula is C10H16O3. The average molecular weight is 184 g/mol. The number of hydrogen-bond acceptors (Lipinski definition) is 2. The second kappa shape index (κ2) is 5.51. The van der Waals surface area contributed by atoms with Crippen molar-refractivity contribution in [2.24, 2.45) is 11.8 Å². The molecule has 0 aromatic rings. The van der Waals surface area contributed by atoms with Gasteiger partial charge in [0.05, 0.1) is 6.42 Å². The topological polar surface area (TPSA) is 54.4 Å². The van der Waals surface area contributed by atoms with Crippen molar-refractivity contribution in [3.8, 4) is 0 Å². The fourth-order valence-electron chi connectivity index (χ4n) is 0.987. The molecule has 0 heterocycles. The zero-order valence-corrected chi connectivity index (χ0v) is 8.28. The third-order valence-corrected chi connectivity index (χ3v) is 1.84. The lowest BCUT2D eigenvalue weighted by Crippen LogP contribution is -2.11. The SMILES string of the molecule is CC(=O)/C=C/C(CC(=O)O)C(C)C. The van der Waals surface area contributed by atoms with Crippen molar-refractivity contribution in [1.29, 1.82) is 0 Å². The van der Waals surface area contributed by atoms with Gasteiger partial charge in [0.25, 0.3) is 0 Å². The predicted molar refractivity (Wildman–Crippen MR) is 50.4 cm³/mol. The van der Waals surface area contributed by atoms with Crippen LogP contribution in [0.25, 0.3) is 0 Å². The van der Waals surface area contributed by atoms with Crippen LogP contribution in [0.15, 0.2) is 12.2 Å². The van der Waals surface area contributed by atoms with E-state index in [0.717, 1.165) is 0 Å². The van der Waals surface area contributed by atoms with E-state index in [9.17, 15) is 9.59 Å². The van der Waals surface area contributed by atoms with Gasteiger partial charge in [-0.25, -0.2) is 0 Å². The minimum Gasteiger partial charge on any atom is -0.481 e. The number of carbonyl (C=O) groups is 2. The molecule has 0 aromatic heterocycles. The molecule has 0 saturated heterocycles. The summed E-state index contributed by atoms with van der Waals surface area (Å²) < 4.78 is 0. The molecule has 0 bridgehead atoms. The third-order valence-electron chi connectivity index (χ3n) is 1.84. The predicted octanol–water partition coefficient (Wildman–Crippen LogP) is 1.88. The average Bonchev–Trinajstić information content (AvgIpc) is 1.96. The van der Waals surface area contributed by atoms with Gasteiger partial charge < -0.3 is 5.11 Å². The zero-order valence-electron chi connectivity index (χ0n) is 8.28. The summed E-state index contributed by atoms with van der Waals surface area (Å²) in [5, 5.41) is 8.58. The highest BCUT2D eigenvalue weighted by Gasteiger charge is 2.13.